The molecule has 0 bridgehead atoms. The highest BCUT2D eigenvalue weighted by Crippen LogP contribution is 2.20. The normalized spacial score (nSPS) is 12.8. The summed E-state index contributed by atoms with van der Waals surface area (Å²) in [4.78, 5) is 9.84. The van der Waals surface area contributed by atoms with Crippen LogP contribution >= 0.6 is 0 Å². The van der Waals surface area contributed by atoms with Gasteiger partial charge in [-0.1, -0.05) is 18.2 Å². The Morgan fingerprint density at radius 2 is 1.96 bits per heavy atom. The molecule has 0 fully saturated rings. The van der Waals surface area contributed by atoms with E-state index in [2.05, 4.69) is 4.72 Å². The molecule has 0 heterocycles. The van der Waals surface area contributed by atoms with Crippen molar-refractivity contribution >= 4 is 15.7 Å². The molecule has 0 saturated heterocycles. The molecule has 1 N–H and O–H groups in total. The first kappa shape index (κ1) is 18.0. The maximum Gasteiger partial charge on any atom is 0.270 e. The molecule has 0 aromatic heterocycles. The third-order valence-electron chi connectivity index (χ3n) is 3.30. The van der Waals surface area contributed by atoms with E-state index in [-0.39, 0.29) is 17.1 Å². The topological polar surface area (TPSA) is 98.5 Å². The highest BCUT2D eigenvalue weighted by molar-refractivity contribution is 7.89. The van der Waals surface area contributed by atoms with Gasteiger partial charge in [-0.25, -0.2) is 17.5 Å². The van der Waals surface area contributed by atoms with E-state index in [0.29, 0.717) is 5.56 Å². The Bertz CT molecular complexity index is 841. The van der Waals surface area contributed by atoms with Crippen LogP contribution in [0, 0.1) is 15.9 Å². The maximum atomic E-state index is 13.3. The van der Waals surface area contributed by atoms with Crippen molar-refractivity contribution in [1.29, 1.82) is 0 Å². The molecule has 24 heavy (non-hydrogen) atoms. The number of benzene rings is 2. The summed E-state index contributed by atoms with van der Waals surface area (Å²) < 4.78 is 45.3. The summed E-state index contributed by atoms with van der Waals surface area (Å²) in [5, 5.41) is 10.7. The van der Waals surface area contributed by atoms with Gasteiger partial charge in [0.05, 0.1) is 15.9 Å². The van der Waals surface area contributed by atoms with E-state index >= 15 is 0 Å². The first-order valence-corrected chi connectivity index (χ1v) is 8.34. The highest BCUT2D eigenvalue weighted by Gasteiger charge is 2.20. The van der Waals surface area contributed by atoms with E-state index in [4.69, 9.17) is 4.74 Å². The van der Waals surface area contributed by atoms with Crippen molar-refractivity contribution in [3.8, 4) is 0 Å². The van der Waals surface area contributed by atoms with Crippen LogP contribution < -0.4 is 4.72 Å². The summed E-state index contributed by atoms with van der Waals surface area (Å²) in [6, 6.07) is 10.3. The average molecular weight is 354 g/mol. The molecule has 0 saturated carbocycles. The van der Waals surface area contributed by atoms with Crippen molar-refractivity contribution in [3.05, 3.63) is 70.0 Å². The monoisotopic (exact) mass is 354 g/mol. The van der Waals surface area contributed by atoms with Crippen LogP contribution in [0.25, 0.3) is 0 Å². The lowest BCUT2D eigenvalue weighted by molar-refractivity contribution is -0.385. The van der Waals surface area contributed by atoms with E-state index in [0.717, 1.165) is 6.07 Å². The predicted octanol–water partition coefficient (Wildman–Crippen LogP) is 2.40. The number of nitrogens with one attached hydrogen (secondary N) is 1. The summed E-state index contributed by atoms with van der Waals surface area (Å²) in [5.41, 5.74) is 0.144. The molecule has 7 nitrogen and oxygen atoms in total. The van der Waals surface area contributed by atoms with Crippen LogP contribution in [0.3, 0.4) is 0 Å². The minimum atomic E-state index is -3.97. The minimum absolute atomic E-state index is 0.148. The van der Waals surface area contributed by atoms with Gasteiger partial charge in [-0.05, 0) is 23.8 Å². The van der Waals surface area contributed by atoms with Gasteiger partial charge in [-0.2, -0.15) is 0 Å². The predicted molar refractivity (Wildman–Crippen MR) is 84.4 cm³/mol. The second-order valence-corrected chi connectivity index (χ2v) is 6.65. The summed E-state index contributed by atoms with van der Waals surface area (Å²) >= 11 is 0. The van der Waals surface area contributed by atoms with E-state index in [1.165, 1.54) is 43.5 Å². The molecule has 2 rings (SSSR count). The molecule has 9 heteroatoms. The Kier molecular flexibility index (Phi) is 5.60. The van der Waals surface area contributed by atoms with Crippen molar-refractivity contribution < 1.29 is 22.5 Å². The Balaban J connectivity index is 2.17. The second-order valence-electron chi connectivity index (χ2n) is 4.89. The number of nitrogens with zero attached hydrogens (tertiary/aromatic N) is 1. The molecular weight excluding hydrogens is 339 g/mol. The van der Waals surface area contributed by atoms with Crippen molar-refractivity contribution in [1.82, 2.24) is 4.72 Å². The van der Waals surface area contributed by atoms with Gasteiger partial charge in [0, 0.05) is 25.8 Å². The summed E-state index contributed by atoms with van der Waals surface area (Å²) in [6.07, 6.45) is -0.700. The number of methoxy groups -OCH3 is 1. The summed E-state index contributed by atoms with van der Waals surface area (Å²) in [6.45, 7) is -0.148. The Labute approximate surface area is 138 Å². The van der Waals surface area contributed by atoms with Gasteiger partial charge in [-0.3, -0.25) is 10.1 Å². The van der Waals surface area contributed by atoms with Gasteiger partial charge < -0.3 is 4.74 Å². The van der Waals surface area contributed by atoms with Crippen LogP contribution in [0.1, 0.15) is 11.7 Å². The number of hydrogen-bond donors (Lipinski definition) is 1. The van der Waals surface area contributed by atoms with E-state index in [9.17, 15) is 22.9 Å². The van der Waals surface area contributed by atoms with Crippen molar-refractivity contribution in [3.63, 3.8) is 0 Å². The van der Waals surface area contributed by atoms with E-state index in [1.54, 1.807) is 6.07 Å². The standard InChI is InChI=1S/C15H15FN2O5S/c1-23-15(11-4-2-5-12(16)8-11)10-17-24(21,22)14-7-3-6-13(9-14)18(19)20/h2-9,15,17H,10H2,1H3. The van der Waals surface area contributed by atoms with Gasteiger partial charge in [-0.15, -0.1) is 0 Å². The number of rotatable bonds is 7. The van der Waals surface area contributed by atoms with Crippen molar-refractivity contribution in [2.75, 3.05) is 13.7 Å². The van der Waals surface area contributed by atoms with Crippen LogP contribution in [0.2, 0.25) is 0 Å². The Morgan fingerprint density at radius 3 is 2.58 bits per heavy atom. The smallest absolute Gasteiger partial charge is 0.270 e. The largest absolute Gasteiger partial charge is 0.375 e. The molecule has 1 unspecified atom stereocenters. The molecule has 0 aliphatic rings. The average Bonchev–Trinajstić information content (AvgIpc) is 2.55. The molecule has 128 valence electrons. The van der Waals surface area contributed by atoms with Crippen LogP contribution in [0.5, 0.6) is 0 Å². The Hall–Kier alpha value is -2.36. The molecule has 0 aliphatic carbocycles. The Morgan fingerprint density at radius 1 is 1.25 bits per heavy atom. The van der Waals surface area contributed by atoms with Crippen LogP contribution in [0.15, 0.2) is 53.4 Å². The van der Waals surface area contributed by atoms with Crippen LogP contribution in [-0.4, -0.2) is 27.0 Å². The van der Waals surface area contributed by atoms with Gasteiger partial charge in [0.25, 0.3) is 5.69 Å². The lowest BCUT2D eigenvalue weighted by Crippen LogP contribution is -2.29. The zero-order valence-corrected chi connectivity index (χ0v) is 13.5. The first-order valence-electron chi connectivity index (χ1n) is 6.86. The molecule has 2 aromatic rings. The lowest BCUT2D eigenvalue weighted by Gasteiger charge is -2.16. The number of non-ortho nitro benzene ring substituents is 1. The van der Waals surface area contributed by atoms with Crippen molar-refractivity contribution in [2.45, 2.75) is 11.0 Å². The van der Waals surface area contributed by atoms with Crippen LogP contribution in [-0.2, 0) is 14.8 Å². The van der Waals surface area contributed by atoms with E-state index < -0.39 is 26.9 Å². The molecule has 2 aromatic carbocycles. The zero-order valence-electron chi connectivity index (χ0n) is 12.7. The summed E-state index contributed by atoms with van der Waals surface area (Å²) in [7, 11) is -2.60. The molecular formula is C15H15FN2O5S. The highest BCUT2D eigenvalue weighted by atomic mass is 32.2. The number of nitro groups is 1. The molecule has 1 atom stereocenters. The lowest BCUT2D eigenvalue weighted by atomic mass is 10.1. The van der Waals surface area contributed by atoms with E-state index in [1.807, 2.05) is 0 Å². The van der Waals surface area contributed by atoms with Crippen molar-refractivity contribution in [2.24, 2.45) is 0 Å². The first-order chi connectivity index (χ1) is 11.3. The fourth-order valence-corrected chi connectivity index (χ4v) is 3.15. The number of halogens is 1. The third kappa shape index (κ3) is 4.34. The third-order valence-corrected chi connectivity index (χ3v) is 4.72. The molecule has 0 spiro atoms. The molecule has 0 amide bonds. The fraction of sp³-hybridized carbons (Fsp3) is 0.200. The quantitative estimate of drug-likeness (QED) is 0.608. The number of nitro benzene ring substituents is 1. The summed E-state index contributed by atoms with van der Waals surface area (Å²) in [5.74, 6) is -0.462. The number of ether oxygens (including phenoxy) is 1. The maximum absolute atomic E-state index is 13.3. The fourth-order valence-electron chi connectivity index (χ4n) is 2.08. The zero-order chi connectivity index (χ0) is 17.7. The SMILES string of the molecule is COC(CNS(=O)(=O)c1cccc([N+](=O)[O-])c1)c1cccc(F)c1. The van der Waals surface area contributed by atoms with Gasteiger partial charge in [0.1, 0.15) is 5.82 Å². The number of hydrogen-bond acceptors (Lipinski definition) is 5. The number of sulfonamides is 1. The molecule has 0 radical (unpaired) electrons. The minimum Gasteiger partial charge on any atom is -0.375 e. The second kappa shape index (κ2) is 7.47. The van der Waals surface area contributed by atoms with Gasteiger partial charge in [0.15, 0.2) is 0 Å². The molecule has 0 aliphatic heterocycles. The van der Waals surface area contributed by atoms with Gasteiger partial charge >= 0.3 is 0 Å². The van der Waals surface area contributed by atoms with Gasteiger partial charge in [0.2, 0.25) is 10.0 Å². The van der Waals surface area contributed by atoms with Crippen LogP contribution in [0.4, 0.5) is 10.1 Å².